The average Bonchev–Trinajstić information content (AvgIpc) is 2.76. The molecule has 21 heavy (non-hydrogen) atoms. The zero-order chi connectivity index (χ0) is 15.1. The molecule has 1 fully saturated rings. The van der Waals surface area contributed by atoms with Crippen LogP contribution < -0.4 is 4.74 Å². The van der Waals surface area contributed by atoms with E-state index in [1.807, 2.05) is 0 Å². The quantitative estimate of drug-likeness (QED) is 0.816. The highest BCUT2D eigenvalue weighted by atomic mass is 16.5. The van der Waals surface area contributed by atoms with Crippen molar-refractivity contribution in [1.82, 2.24) is 4.90 Å². The SMILES string of the molecule is CN(CCOc1cccc(C(=O)O)c1)C1CCCCCC1. The minimum Gasteiger partial charge on any atom is -0.492 e. The maximum Gasteiger partial charge on any atom is 0.335 e. The number of hydrogen-bond acceptors (Lipinski definition) is 3. The van der Waals surface area contributed by atoms with Crippen LogP contribution in [-0.2, 0) is 0 Å². The van der Waals surface area contributed by atoms with Gasteiger partial charge in [0.15, 0.2) is 0 Å². The molecule has 4 heteroatoms. The topological polar surface area (TPSA) is 49.8 Å². The second kappa shape index (κ2) is 8.03. The summed E-state index contributed by atoms with van der Waals surface area (Å²) in [4.78, 5) is 13.3. The number of hydrogen-bond donors (Lipinski definition) is 1. The molecule has 0 radical (unpaired) electrons. The fraction of sp³-hybridized carbons (Fsp3) is 0.588. The van der Waals surface area contributed by atoms with E-state index in [9.17, 15) is 4.79 Å². The van der Waals surface area contributed by atoms with Gasteiger partial charge in [0.1, 0.15) is 12.4 Å². The van der Waals surface area contributed by atoms with Crippen LogP contribution in [0.1, 0.15) is 48.9 Å². The van der Waals surface area contributed by atoms with Crippen LogP contribution in [-0.4, -0.2) is 42.2 Å². The summed E-state index contributed by atoms with van der Waals surface area (Å²) in [5, 5.41) is 8.96. The van der Waals surface area contributed by atoms with Gasteiger partial charge in [-0.2, -0.15) is 0 Å². The molecule has 0 aromatic heterocycles. The summed E-state index contributed by atoms with van der Waals surface area (Å²) in [5.74, 6) is -0.291. The van der Waals surface area contributed by atoms with E-state index in [1.54, 1.807) is 24.3 Å². The molecule has 2 rings (SSSR count). The third-order valence-electron chi connectivity index (χ3n) is 4.24. The smallest absolute Gasteiger partial charge is 0.335 e. The van der Waals surface area contributed by atoms with Crippen LogP contribution in [0.25, 0.3) is 0 Å². The molecule has 1 aliphatic carbocycles. The first-order valence-corrected chi connectivity index (χ1v) is 7.83. The van der Waals surface area contributed by atoms with Gasteiger partial charge in [0.05, 0.1) is 5.56 Å². The van der Waals surface area contributed by atoms with Crippen LogP contribution >= 0.6 is 0 Å². The molecular formula is C17H25NO3. The summed E-state index contributed by atoms with van der Waals surface area (Å²) in [6.45, 7) is 1.47. The molecule has 1 aromatic rings. The highest BCUT2D eigenvalue weighted by Crippen LogP contribution is 2.21. The van der Waals surface area contributed by atoms with Gasteiger partial charge in [-0.05, 0) is 38.1 Å². The molecule has 0 spiro atoms. The predicted octanol–water partition coefficient (Wildman–Crippen LogP) is 3.42. The van der Waals surface area contributed by atoms with Gasteiger partial charge in [0.2, 0.25) is 0 Å². The molecule has 1 aromatic carbocycles. The summed E-state index contributed by atoms with van der Waals surface area (Å²) in [5.41, 5.74) is 0.268. The third-order valence-corrected chi connectivity index (χ3v) is 4.24. The molecule has 0 saturated heterocycles. The largest absolute Gasteiger partial charge is 0.492 e. The van der Waals surface area contributed by atoms with E-state index < -0.39 is 5.97 Å². The Morgan fingerprint density at radius 3 is 2.67 bits per heavy atom. The Morgan fingerprint density at radius 2 is 2.00 bits per heavy atom. The van der Waals surface area contributed by atoms with Crippen LogP contribution in [0.5, 0.6) is 5.75 Å². The fourth-order valence-corrected chi connectivity index (χ4v) is 2.91. The molecule has 1 saturated carbocycles. The molecule has 0 unspecified atom stereocenters. The lowest BCUT2D eigenvalue weighted by molar-refractivity contribution is 0.0696. The van der Waals surface area contributed by atoms with Crippen LogP contribution in [0.2, 0.25) is 0 Å². The number of rotatable bonds is 6. The van der Waals surface area contributed by atoms with Gasteiger partial charge in [-0.3, -0.25) is 0 Å². The molecule has 0 atom stereocenters. The average molecular weight is 291 g/mol. The number of aromatic carboxylic acids is 1. The lowest BCUT2D eigenvalue weighted by Crippen LogP contribution is -2.34. The van der Waals surface area contributed by atoms with Gasteiger partial charge < -0.3 is 14.7 Å². The summed E-state index contributed by atoms with van der Waals surface area (Å²) in [6.07, 6.45) is 7.95. The van der Waals surface area contributed by atoms with Crippen LogP contribution in [0, 0.1) is 0 Å². The summed E-state index contributed by atoms with van der Waals surface area (Å²) >= 11 is 0. The monoisotopic (exact) mass is 291 g/mol. The maximum atomic E-state index is 10.9. The molecule has 1 N–H and O–H groups in total. The van der Waals surface area contributed by atoms with E-state index in [4.69, 9.17) is 9.84 Å². The van der Waals surface area contributed by atoms with Gasteiger partial charge in [-0.15, -0.1) is 0 Å². The molecular weight excluding hydrogens is 266 g/mol. The zero-order valence-corrected chi connectivity index (χ0v) is 12.8. The van der Waals surface area contributed by atoms with E-state index in [2.05, 4.69) is 11.9 Å². The number of ether oxygens (including phenoxy) is 1. The molecule has 116 valence electrons. The van der Waals surface area contributed by atoms with Gasteiger partial charge in [0, 0.05) is 12.6 Å². The van der Waals surface area contributed by atoms with Crippen LogP contribution in [0.4, 0.5) is 0 Å². The third kappa shape index (κ3) is 5.05. The second-order valence-electron chi connectivity index (χ2n) is 5.81. The van der Waals surface area contributed by atoms with Crippen molar-refractivity contribution in [3.63, 3.8) is 0 Å². The Balaban J connectivity index is 1.77. The number of carbonyl (C=O) groups is 1. The molecule has 0 bridgehead atoms. The first-order valence-electron chi connectivity index (χ1n) is 7.83. The lowest BCUT2D eigenvalue weighted by atomic mass is 10.1. The highest BCUT2D eigenvalue weighted by molar-refractivity contribution is 5.87. The van der Waals surface area contributed by atoms with Crippen molar-refractivity contribution >= 4 is 5.97 Å². The molecule has 0 heterocycles. The predicted molar refractivity (Wildman–Crippen MR) is 83.0 cm³/mol. The highest BCUT2D eigenvalue weighted by Gasteiger charge is 2.16. The zero-order valence-electron chi connectivity index (χ0n) is 12.8. The number of carboxylic acids is 1. The fourth-order valence-electron chi connectivity index (χ4n) is 2.91. The summed E-state index contributed by atoms with van der Waals surface area (Å²) < 4.78 is 5.68. The molecule has 4 nitrogen and oxygen atoms in total. The number of carboxylic acid groups (broad SMARTS) is 1. The van der Waals surface area contributed by atoms with Gasteiger partial charge in [0.25, 0.3) is 0 Å². The minimum atomic E-state index is -0.920. The summed E-state index contributed by atoms with van der Waals surface area (Å²) in [6, 6.07) is 7.34. The number of benzene rings is 1. The molecule has 0 aliphatic heterocycles. The van der Waals surface area contributed by atoms with Crippen molar-refractivity contribution in [3.05, 3.63) is 29.8 Å². The van der Waals surface area contributed by atoms with Crippen LogP contribution in [0.3, 0.4) is 0 Å². The van der Waals surface area contributed by atoms with Gasteiger partial charge in [-0.25, -0.2) is 4.79 Å². The van der Waals surface area contributed by atoms with Crippen molar-refractivity contribution in [1.29, 1.82) is 0 Å². The Bertz CT molecular complexity index is 453. The van der Waals surface area contributed by atoms with E-state index in [-0.39, 0.29) is 5.56 Å². The standard InChI is InChI=1S/C17H25NO3/c1-18(15-8-4-2-3-5-9-15)11-12-21-16-10-6-7-14(13-16)17(19)20/h6-7,10,13,15H,2-5,8-9,11-12H2,1H3,(H,19,20). The van der Waals surface area contributed by atoms with Gasteiger partial charge >= 0.3 is 5.97 Å². The normalized spacial score (nSPS) is 16.7. The van der Waals surface area contributed by atoms with E-state index in [0.717, 1.165) is 6.54 Å². The van der Waals surface area contributed by atoms with Crippen molar-refractivity contribution in [2.75, 3.05) is 20.2 Å². The van der Waals surface area contributed by atoms with Crippen molar-refractivity contribution in [2.24, 2.45) is 0 Å². The van der Waals surface area contributed by atoms with Crippen molar-refractivity contribution < 1.29 is 14.6 Å². The maximum absolute atomic E-state index is 10.9. The Morgan fingerprint density at radius 1 is 1.29 bits per heavy atom. The second-order valence-corrected chi connectivity index (χ2v) is 5.81. The van der Waals surface area contributed by atoms with Gasteiger partial charge in [-0.1, -0.05) is 31.7 Å². The Labute approximate surface area is 126 Å². The number of nitrogens with zero attached hydrogens (tertiary/aromatic N) is 1. The van der Waals surface area contributed by atoms with Crippen molar-refractivity contribution in [2.45, 2.75) is 44.6 Å². The lowest BCUT2D eigenvalue weighted by Gasteiger charge is -2.26. The van der Waals surface area contributed by atoms with Crippen LogP contribution in [0.15, 0.2) is 24.3 Å². The Hall–Kier alpha value is -1.55. The minimum absolute atomic E-state index is 0.268. The van der Waals surface area contributed by atoms with E-state index in [1.165, 1.54) is 38.5 Å². The molecule has 1 aliphatic rings. The molecule has 0 amide bonds. The van der Waals surface area contributed by atoms with E-state index >= 15 is 0 Å². The Kier molecular flexibility index (Phi) is 6.05. The van der Waals surface area contributed by atoms with E-state index in [0.29, 0.717) is 18.4 Å². The first kappa shape index (κ1) is 15.8. The first-order chi connectivity index (χ1) is 10.2. The number of likely N-dealkylation sites (N-methyl/N-ethyl adjacent to an activating group) is 1. The summed E-state index contributed by atoms with van der Waals surface area (Å²) in [7, 11) is 2.16. The van der Waals surface area contributed by atoms with Crippen molar-refractivity contribution in [3.8, 4) is 5.75 Å².